The molecule has 0 amide bonds. The first kappa shape index (κ1) is 10.9. The van der Waals surface area contributed by atoms with Gasteiger partial charge in [0.25, 0.3) is 0 Å². The number of hydrogen-bond donors (Lipinski definition) is 2. The van der Waals surface area contributed by atoms with E-state index in [4.69, 9.17) is 19.6 Å². The second-order valence-electron chi connectivity index (χ2n) is 2.78. The van der Waals surface area contributed by atoms with Gasteiger partial charge in [-0.2, -0.15) is 0 Å². The summed E-state index contributed by atoms with van der Waals surface area (Å²) >= 11 is 0. The molecule has 1 rings (SSSR count). The highest BCUT2D eigenvalue weighted by Crippen LogP contribution is 2.22. The van der Waals surface area contributed by atoms with Crippen LogP contribution in [0, 0.1) is 0 Å². The lowest BCUT2D eigenvalue weighted by Crippen LogP contribution is -2.20. The van der Waals surface area contributed by atoms with Crippen LogP contribution in [0.4, 0.5) is 0 Å². The van der Waals surface area contributed by atoms with Crippen LogP contribution in [0.5, 0.6) is 11.5 Å². The van der Waals surface area contributed by atoms with Crippen molar-refractivity contribution in [2.75, 3.05) is 14.2 Å². The molecule has 5 heteroatoms. The molecule has 0 aromatic heterocycles. The smallest absolute Gasteiger partial charge is 0.305 e. The molecule has 0 saturated carbocycles. The number of methoxy groups -OCH3 is 2. The third-order valence-corrected chi connectivity index (χ3v) is 2.06. The molecular weight excluding hydrogens is 183 g/mol. The topological polar surface area (TPSA) is 58.9 Å². The molecule has 0 radical (unpaired) electrons. The first-order valence-corrected chi connectivity index (χ1v) is 4.22. The maximum absolute atomic E-state index is 9.09. The van der Waals surface area contributed by atoms with E-state index >= 15 is 0 Å². The number of hydrogen-bond acceptors (Lipinski definition) is 4. The molecule has 0 atom stereocenters. The Kier molecular flexibility index (Phi) is 3.79. The van der Waals surface area contributed by atoms with E-state index in [-0.39, 0.29) is 14.1 Å². The summed E-state index contributed by atoms with van der Waals surface area (Å²) in [5, 5.41) is 18.2. The standard InChI is InChI=1S/C9H13BO4/c1-13-6-3-8(10-12)7(5-11)9(4-6)14-2/h3-4,10-12H,5H2,1-2H3. The number of rotatable bonds is 4. The Bertz CT molecular complexity index is 289. The zero-order valence-corrected chi connectivity index (χ0v) is 8.28. The molecule has 1 aromatic carbocycles. The highest BCUT2D eigenvalue weighted by atomic mass is 16.5. The molecule has 1 aromatic rings. The van der Waals surface area contributed by atoms with Crippen LogP contribution < -0.4 is 14.9 Å². The van der Waals surface area contributed by atoms with Crippen molar-refractivity contribution in [2.45, 2.75) is 6.61 Å². The van der Waals surface area contributed by atoms with Crippen LogP contribution in [0.3, 0.4) is 0 Å². The average Bonchev–Trinajstić information content (AvgIpc) is 2.26. The Morgan fingerprint density at radius 1 is 1.29 bits per heavy atom. The van der Waals surface area contributed by atoms with Gasteiger partial charge in [-0.1, -0.05) is 0 Å². The minimum atomic E-state index is -0.164. The molecule has 0 fully saturated rings. The van der Waals surface area contributed by atoms with Crippen molar-refractivity contribution in [2.24, 2.45) is 0 Å². The third kappa shape index (κ3) is 2.00. The minimum Gasteiger partial charge on any atom is -0.497 e. The zero-order chi connectivity index (χ0) is 10.6. The van der Waals surface area contributed by atoms with Crippen LogP contribution in [0.25, 0.3) is 0 Å². The molecule has 0 unspecified atom stereocenters. The van der Waals surface area contributed by atoms with Crippen molar-refractivity contribution in [1.82, 2.24) is 0 Å². The van der Waals surface area contributed by atoms with Crippen molar-refractivity contribution in [3.63, 3.8) is 0 Å². The van der Waals surface area contributed by atoms with Crippen LogP contribution in [0.15, 0.2) is 12.1 Å². The van der Waals surface area contributed by atoms with Gasteiger partial charge in [0, 0.05) is 11.6 Å². The Morgan fingerprint density at radius 3 is 2.43 bits per heavy atom. The summed E-state index contributed by atoms with van der Waals surface area (Å²) in [5.41, 5.74) is 1.21. The van der Waals surface area contributed by atoms with Crippen LogP contribution in [-0.2, 0) is 6.61 Å². The van der Waals surface area contributed by atoms with E-state index in [1.807, 2.05) is 0 Å². The third-order valence-electron chi connectivity index (χ3n) is 2.06. The average molecular weight is 196 g/mol. The van der Waals surface area contributed by atoms with Crippen LogP contribution in [0.1, 0.15) is 5.56 Å². The van der Waals surface area contributed by atoms with E-state index in [1.165, 1.54) is 14.2 Å². The molecule has 2 N–H and O–H groups in total. The van der Waals surface area contributed by atoms with Crippen molar-refractivity contribution in [3.8, 4) is 11.5 Å². The Morgan fingerprint density at radius 2 is 2.00 bits per heavy atom. The maximum atomic E-state index is 9.09. The predicted octanol–water partition coefficient (Wildman–Crippen LogP) is -0.835. The largest absolute Gasteiger partial charge is 0.497 e. The first-order chi connectivity index (χ1) is 6.76. The SMILES string of the molecule is COc1cc(BO)c(CO)c(OC)c1. The fraction of sp³-hybridized carbons (Fsp3) is 0.333. The highest BCUT2D eigenvalue weighted by molar-refractivity contribution is 6.46. The number of aliphatic hydroxyl groups is 1. The highest BCUT2D eigenvalue weighted by Gasteiger charge is 2.11. The lowest BCUT2D eigenvalue weighted by molar-refractivity contribution is 0.274. The lowest BCUT2D eigenvalue weighted by Gasteiger charge is -2.12. The Balaban J connectivity index is 3.24. The second-order valence-corrected chi connectivity index (χ2v) is 2.78. The number of aliphatic hydroxyl groups excluding tert-OH is 1. The molecular formula is C9H13BO4. The quantitative estimate of drug-likeness (QED) is 0.616. The number of ether oxygens (including phenoxy) is 2. The number of benzene rings is 1. The minimum absolute atomic E-state index is 0.149. The van der Waals surface area contributed by atoms with Gasteiger partial charge < -0.3 is 19.6 Å². The molecule has 14 heavy (non-hydrogen) atoms. The van der Waals surface area contributed by atoms with Gasteiger partial charge in [0.15, 0.2) is 0 Å². The van der Waals surface area contributed by atoms with Crippen molar-refractivity contribution in [3.05, 3.63) is 17.7 Å². The summed E-state index contributed by atoms with van der Waals surface area (Å²) in [6, 6.07) is 3.35. The molecule has 0 aliphatic heterocycles. The molecule has 0 heterocycles. The van der Waals surface area contributed by atoms with E-state index in [2.05, 4.69) is 0 Å². The Labute approximate surface area is 83.4 Å². The summed E-state index contributed by atoms with van der Waals surface area (Å²) in [7, 11) is 2.90. The van der Waals surface area contributed by atoms with E-state index < -0.39 is 0 Å². The molecule has 0 aliphatic carbocycles. The van der Waals surface area contributed by atoms with Gasteiger partial charge in [-0.15, -0.1) is 0 Å². The summed E-state index contributed by atoms with van der Waals surface area (Å²) in [5.74, 6) is 1.12. The van der Waals surface area contributed by atoms with E-state index in [0.29, 0.717) is 22.5 Å². The van der Waals surface area contributed by atoms with Crippen LogP contribution in [0.2, 0.25) is 0 Å². The zero-order valence-electron chi connectivity index (χ0n) is 8.28. The second kappa shape index (κ2) is 4.88. The molecule has 0 spiro atoms. The van der Waals surface area contributed by atoms with Gasteiger partial charge in [-0.05, 0) is 11.5 Å². The maximum Gasteiger partial charge on any atom is 0.305 e. The van der Waals surface area contributed by atoms with Crippen LogP contribution in [-0.4, -0.2) is 31.8 Å². The monoisotopic (exact) mass is 196 g/mol. The molecule has 76 valence electrons. The van der Waals surface area contributed by atoms with Gasteiger partial charge in [0.1, 0.15) is 11.5 Å². The van der Waals surface area contributed by atoms with Gasteiger partial charge in [0.2, 0.25) is 0 Å². The van der Waals surface area contributed by atoms with E-state index in [9.17, 15) is 0 Å². The van der Waals surface area contributed by atoms with Crippen LogP contribution >= 0.6 is 0 Å². The van der Waals surface area contributed by atoms with Gasteiger partial charge in [0.05, 0.1) is 20.8 Å². The molecule has 0 bridgehead atoms. The summed E-state index contributed by atoms with van der Waals surface area (Å²) in [6.07, 6.45) is 0. The Hall–Kier alpha value is -1.20. The molecule has 4 nitrogen and oxygen atoms in total. The fourth-order valence-corrected chi connectivity index (χ4v) is 1.30. The summed E-state index contributed by atoms with van der Waals surface area (Å²) in [6.45, 7) is -0.164. The lowest BCUT2D eigenvalue weighted by atomic mass is 9.84. The summed E-state index contributed by atoms with van der Waals surface area (Å²) < 4.78 is 10.1. The summed E-state index contributed by atoms with van der Waals surface area (Å²) in [4.78, 5) is 0. The fourth-order valence-electron chi connectivity index (χ4n) is 1.30. The first-order valence-electron chi connectivity index (χ1n) is 4.22. The normalized spacial score (nSPS) is 9.71. The van der Waals surface area contributed by atoms with E-state index in [0.717, 1.165) is 0 Å². The van der Waals surface area contributed by atoms with Gasteiger partial charge >= 0.3 is 7.48 Å². The van der Waals surface area contributed by atoms with E-state index in [1.54, 1.807) is 12.1 Å². The predicted molar refractivity (Wildman–Crippen MR) is 54.5 cm³/mol. The molecule has 0 aliphatic rings. The van der Waals surface area contributed by atoms with Crippen molar-refractivity contribution in [1.29, 1.82) is 0 Å². The van der Waals surface area contributed by atoms with Gasteiger partial charge in [-0.25, -0.2) is 0 Å². The molecule has 0 saturated heterocycles. The van der Waals surface area contributed by atoms with Crippen molar-refractivity contribution < 1.29 is 19.6 Å². The van der Waals surface area contributed by atoms with Gasteiger partial charge in [-0.3, -0.25) is 0 Å². The van der Waals surface area contributed by atoms with Crippen molar-refractivity contribution >= 4 is 12.9 Å².